The van der Waals surface area contributed by atoms with E-state index in [-0.39, 0.29) is 18.0 Å². The van der Waals surface area contributed by atoms with Crippen molar-refractivity contribution in [3.05, 3.63) is 75.2 Å². The van der Waals surface area contributed by atoms with Gasteiger partial charge >= 0.3 is 0 Å². The maximum absolute atomic E-state index is 11.8. The number of nitrogens with one attached hydrogen (secondary N) is 2. The Bertz CT molecular complexity index is 1090. The van der Waals surface area contributed by atoms with E-state index in [1.807, 2.05) is 62.4 Å². The summed E-state index contributed by atoms with van der Waals surface area (Å²) in [5, 5.41) is 7.01. The molecule has 2 N–H and O–H groups in total. The van der Waals surface area contributed by atoms with Crippen LogP contribution in [-0.2, 0) is 4.79 Å². The minimum absolute atomic E-state index is 0.00877. The SMILES string of the molecule is CCC(=O)Nc1ccc(N2C(=S)N[C@@H](c3ccccn3)[C@@H]2c2ccc(Cl)s2)cc1C. The van der Waals surface area contributed by atoms with E-state index in [0.717, 1.165) is 31.8 Å². The third-order valence-electron chi connectivity index (χ3n) is 5.07. The van der Waals surface area contributed by atoms with Gasteiger partial charge in [-0.2, -0.15) is 0 Å². The number of thiophene rings is 1. The molecule has 2 atom stereocenters. The van der Waals surface area contributed by atoms with Crippen molar-refractivity contribution in [2.45, 2.75) is 32.4 Å². The van der Waals surface area contributed by atoms with Crippen molar-refractivity contribution in [1.29, 1.82) is 0 Å². The molecule has 0 radical (unpaired) electrons. The summed E-state index contributed by atoms with van der Waals surface area (Å²) in [5.74, 6) is -0.00877. The maximum Gasteiger partial charge on any atom is 0.224 e. The second kappa shape index (κ2) is 8.71. The van der Waals surface area contributed by atoms with Gasteiger partial charge in [0, 0.05) is 28.9 Å². The van der Waals surface area contributed by atoms with Crippen molar-refractivity contribution in [2.24, 2.45) is 0 Å². The van der Waals surface area contributed by atoms with Crippen LogP contribution in [0.25, 0.3) is 0 Å². The average Bonchev–Trinajstić information content (AvgIpc) is 3.32. The number of carbonyl (C=O) groups excluding carboxylic acids is 1. The van der Waals surface area contributed by atoms with Gasteiger partial charge in [-0.15, -0.1) is 11.3 Å². The molecule has 1 fully saturated rings. The van der Waals surface area contributed by atoms with Gasteiger partial charge in [-0.05, 0) is 67.2 Å². The molecule has 3 heterocycles. The zero-order chi connectivity index (χ0) is 21.3. The molecule has 1 amide bonds. The Morgan fingerprint density at radius 2 is 2.13 bits per heavy atom. The van der Waals surface area contributed by atoms with Gasteiger partial charge in [0.1, 0.15) is 0 Å². The Balaban J connectivity index is 1.74. The minimum Gasteiger partial charge on any atom is -0.351 e. The number of pyridine rings is 1. The van der Waals surface area contributed by atoms with Crippen molar-refractivity contribution in [3.63, 3.8) is 0 Å². The van der Waals surface area contributed by atoms with E-state index in [0.29, 0.717) is 11.5 Å². The third-order valence-corrected chi connectivity index (χ3v) is 6.68. The Kier molecular flexibility index (Phi) is 6.04. The number of carbonyl (C=O) groups is 1. The van der Waals surface area contributed by atoms with Crippen molar-refractivity contribution in [3.8, 4) is 0 Å². The first-order valence-corrected chi connectivity index (χ1v) is 11.2. The van der Waals surface area contributed by atoms with Gasteiger partial charge in [-0.3, -0.25) is 9.78 Å². The fourth-order valence-corrected chi connectivity index (χ4v) is 5.12. The fraction of sp³-hybridized carbons (Fsp3) is 0.227. The first-order valence-electron chi connectivity index (χ1n) is 9.64. The van der Waals surface area contributed by atoms with Gasteiger partial charge < -0.3 is 15.5 Å². The molecule has 1 saturated heterocycles. The lowest BCUT2D eigenvalue weighted by atomic mass is 10.0. The molecule has 0 unspecified atom stereocenters. The minimum atomic E-state index is -0.104. The van der Waals surface area contributed by atoms with E-state index >= 15 is 0 Å². The molecule has 5 nitrogen and oxygen atoms in total. The highest BCUT2D eigenvalue weighted by Crippen LogP contribution is 2.44. The molecule has 8 heteroatoms. The molecule has 0 bridgehead atoms. The molecule has 4 rings (SSSR count). The summed E-state index contributed by atoms with van der Waals surface area (Å²) in [6, 6.07) is 15.6. The van der Waals surface area contributed by atoms with Gasteiger partial charge in [0.05, 0.1) is 22.1 Å². The Morgan fingerprint density at radius 1 is 1.30 bits per heavy atom. The summed E-state index contributed by atoms with van der Waals surface area (Å²) >= 11 is 13.5. The Hall–Kier alpha value is -2.48. The fourth-order valence-electron chi connectivity index (χ4n) is 3.59. The Morgan fingerprint density at radius 3 is 2.77 bits per heavy atom. The predicted octanol–water partition coefficient (Wildman–Crippen LogP) is 5.63. The number of aromatic nitrogens is 1. The first-order chi connectivity index (χ1) is 14.5. The first kappa shape index (κ1) is 20.8. The predicted molar refractivity (Wildman–Crippen MR) is 127 cm³/mol. The van der Waals surface area contributed by atoms with E-state index in [2.05, 4.69) is 20.5 Å². The topological polar surface area (TPSA) is 57.3 Å². The number of hydrogen-bond acceptors (Lipinski definition) is 4. The lowest BCUT2D eigenvalue weighted by Gasteiger charge is -2.27. The molecule has 154 valence electrons. The number of hydrogen-bond donors (Lipinski definition) is 2. The zero-order valence-corrected chi connectivity index (χ0v) is 18.9. The van der Waals surface area contributed by atoms with E-state index in [9.17, 15) is 4.79 Å². The molecular formula is C22H21ClN4OS2. The van der Waals surface area contributed by atoms with Crippen molar-refractivity contribution >= 4 is 57.5 Å². The van der Waals surface area contributed by atoms with Crippen LogP contribution in [0.2, 0.25) is 4.34 Å². The van der Waals surface area contributed by atoms with E-state index in [1.54, 1.807) is 17.5 Å². The van der Waals surface area contributed by atoms with Crippen LogP contribution in [0.4, 0.5) is 11.4 Å². The van der Waals surface area contributed by atoms with Gasteiger partial charge in [0.2, 0.25) is 5.91 Å². The number of amides is 1. The summed E-state index contributed by atoms with van der Waals surface area (Å²) in [6.07, 6.45) is 2.23. The monoisotopic (exact) mass is 456 g/mol. The maximum atomic E-state index is 11.8. The molecule has 0 saturated carbocycles. The lowest BCUT2D eigenvalue weighted by molar-refractivity contribution is -0.115. The van der Waals surface area contributed by atoms with Crippen LogP contribution in [0, 0.1) is 6.92 Å². The smallest absolute Gasteiger partial charge is 0.224 e. The molecule has 1 aliphatic heterocycles. The average molecular weight is 457 g/mol. The summed E-state index contributed by atoms with van der Waals surface area (Å²) in [6.45, 7) is 3.82. The summed E-state index contributed by atoms with van der Waals surface area (Å²) in [7, 11) is 0. The van der Waals surface area contributed by atoms with Crippen LogP contribution >= 0.6 is 35.2 Å². The van der Waals surface area contributed by atoms with Crippen LogP contribution < -0.4 is 15.5 Å². The van der Waals surface area contributed by atoms with Gasteiger partial charge in [0.15, 0.2) is 5.11 Å². The quantitative estimate of drug-likeness (QED) is 0.487. The third kappa shape index (κ3) is 4.05. The lowest BCUT2D eigenvalue weighted by Crippen LogP contribution is -2.29. The number of thiocarbonyl (C=S) groups is 1. The van der Waals surface area contributed by atoms with Crippen LogP contribution in [0.15, 0.2) is 54.7 Å². The molecule has 30 heavy (non-hydrogen) atoms. The summed E-state index contributed by atoms with van der Waals surface area (Å²) in [5.41, 5.74) is 3.65. The standard InChI is InChI=1S/C22H21ClN4OS2/c1-3-19(28)25-15-8-7-14(12-13(15)2)27-21(17-9-10-18(23)30-17)20(26-22(27)29)16-6-4-5-11-24-16/h4-12,20-21H,3H2,1-2H3,(H,25,28)(H,26,29)/t20-,21-/m0/s1. The van der Waals surface area contributed by atoms with Crippen LogP contribution in [0.3, 0.4) is 0 Å². The van der Waals surface area contributed by atoms with Crippen LogP contribution in [0.5, 0.6) is 0 Å². The molecule has 0 spiro atoms. The molecule has 1 aromatic carbocycles. The van der Waals surface area contributed by atoms with Crippen molar-refractivity contribution < 1.29 is 4.79 Å². The largest absolute Gasteiger partial charge is 0.351 e. The van der Waals surface area contributed by atoms with Crippen LogP contribution in [-0.4, -0.2) is 16.0 Å². The number of anilines is 2. The van der Waals surface area contributed by atoms with Crippen LogP contribution in [0.1, 0.15) is 41.6 Å². The van der Waals surface area contributed by atoms with Crippen molar-refractivity contribution in [1.82, 2.24) is 10.3 Å². The van der Waals surface area contributed by atoms with E-state index < -0.39 is 0 Å². The Labute approximate surface area is 190 Å². The molecule has 0 aliphatic carbocycles. The number of nitrogens with zero attached hydrogens (tertiary/aromatic N) is 2. The molecule has 1 aliphatic rings. The van der Waals surface area contributed by atoms with E-state index in [4.69, 9.17) is 23.8 Å². The van der Waals surface area contributed by atoms with Gasteiger partial charge in [-0.25, -0.2) is 0 Å². The highest BCUT2D eigenvalue weighted by Gasteiger charge is 2.41. The molecule has 2 aromatic heterocycles. The van der Waals surface area contributed by atoms with Gasteiger partial charge in [0.25, 0.3) is 0 Å². The highest BCUT2D eigenvalue weighted by atomic mass is 35.5. The molecular weight excluding hydrogens is 436 g/mol. The van der Waals surface area contributed by atoms with Gasteiger partial charge in [-0.1, -0.05) is 24.6 Å². The number of halogens is 1. The number of rotatable bonds is 5. The summed E-state index contributed by atoms with van der Waals surface area (Å²) in [4.78, 5) is 19.6. The zero-order valence-electron chi connectivity index (χ0n) is 16.6. The number of benzene rings is 1. The number of aryl methyl sites for hydroxylation is 1. The second-order valence-electron chi connectivity index (χ2n) is 7.04. The van der Waals surface area contributed by atoms with Crippen molar-refractivity contribution in [2.75, 3.05) is 10.2 Å². The van der Waals surface area contributed by atoms with E-state index in [1.165, 1.54) is 0 Å². The second-order valence-corrected chi connectivity index (χ2v) is 9.17. The highest BCUT2D eigenvalue weighted by molar-refractivity contribution is 7.80. The molecule has 3 aromatic rings. The normalized spacial score (nSPS) is 18.4. The summed E-state index contributed by atoms with van der Waals surface area (Å²) < 4.78 is 0.733.